The first kappa shape index (κ1) is 17.0. The second kappa shape index (κ2) is 7.79. The number of likely N-dealkylation sites (tertiary alicyclic amines) is 2. The summed E-state index contributed by atoms with van der Waals surface area (Å²) in [6.07, 6.45) is 2.69. The van der Waals surface area contributed by atoms with Crippen LogP contribution in [-0.4, -0.2) is 54.8 Å². The molecule has 24 heavy (non-hydrogen) atoms. The average Bonchev–Trinajstić information content (AvgIpc) is 2.93. The summed E-state index contributed by atoms with van der Waals surface area (Å²) in [5.41, 5.74) is 1.34. The summed E-state index contributed by atoms with van der Waals surface area (Å²) in [4.78, 5) is 27.9. The standard InChI is InChI=1S/C19H27N3O2/c1-21-14-17(10-18(21)23)19(24)20-11-16-8-5-9-22(13-16)12-15-6-3-2-4-7-15/h2-4,6-7,16-17H,5,8-14H2,1H3,(H,20,24)/t16-,17-/m1/s1. The quantitative estimate of drug-likeness (QED) is 0.890. The summed E-state index contributed by atoms with van der Waals surface area (Å²) in [6.45, 7) is 4.40. The van der Waals surface area contributed by atoms with E-state index in [9.17, 15) is 9.59 Å². The maximum Gasteiger partial charge on any atom is 0.225 e. The van der Waals surface area contributed by atoms with E-state index in [1.165, 1.54) is 12.0 Å². The molecule has 0 aromatic heterocycles. The van der Waals surface area contributed by atoms with Crippen molar-refractivity contribution in [1.82, 2.24) is 15.1 Å². The fraction of sp³-hybridized carbons (Fsp3) is 0.579. The summed E-state index contributed by atoms with van der Waals surface area (Å²) in [5, 5.41) is 3.08. The zero-order valence-corrected chi connectivity index (χ0v) is 14.4. The van der Waals surface area contributed by atoms with E-state index in [0.29, 0.717) is 18.9 Å². The lowest BCUT2D eigenvalue weighted by Gasteiger charge is -2.33. The summed E-state index contributed by atoms with van der Waals surface area (Å²) in [5.74, 6) is 0.433. The van der Waals surface area contributed by atoms with Crippen molar-refractivity contribution in [3.8, 4) is 0 Å². The molecular formula is C19H27N3O2. The molecule has 5 heteroatoms. The first-order chi connectivity index (χ1) is 11.6. The fourth-order valence-electron chi connectivity index (χ4n) is 3.73. The van der Waals surface area contributed by atoms with Crippen molar-refractivity contribution in [2.45, 2.75) is 25.8 Å². The van der Waals surface area contributed by atoms with E-state index in [2.05, 4.69) is 34.5 Å². The molecule has 0 unspecified atom stereocenters. The Balaban J connectivity index is 1.44. The van der Waals surface area contributed by atoms with Crippen LogP contribution in [0.3, 0.4) is 0 Å². The topological polar surface area (TPSA) is 52.7 Å². The molecule has 2 aliphatic heterocycles. The summed E-state index contributed by atoms with van der Waals surface area (Å²) in [7, 11) is 1.76. The molecule has 2 heterocycles. The number of amides is 2. The van der Waals surface area contributed by atoms with Crippen molar-refractivity contribution in [2.24, 2.45) is 11.8 Å². The first-order valence-corrected chi connectivity index (χ1v) is 8.90. The summed E-state index contributed by atoms with van der Waals surface area (Å²) < 4.78 is 0. The molecule has 0 saturated carbocycles. The van der Waals surface area contributed by atoms with Crippen LogP contribution in [0, 0.1) is 11.8 Å². The molecule has 2 aliphatic rings. The second-order valence-corrected chi connectivity index (χ2v) is 7.15. The largest absolute Gasteiger partial charge is 0.355 e. The molecule has 0 aliphatic carbocycles. The Labute approximate surface area is 144 Å². The van der Waals surface area contributed by atoms with Gasteiger partial charge in [0.15, 0.2) is 0 Å². The Morgan fingerprint density at radius 1 is 1.25 bits per heavy atom. The smallest absolute Gasteiger partial charge is 0.225 e. The third-order valence-corrected chi connectivity index (χ3v) is 5.13. The molecule has 3 rings (SSSR count). The number of hydrogen-bond acceptors (Lipinski definition) is 3. The van der Waals surface area contributed by atoms with E-state index in [-0.39, 0.29) is 17.7 Å². The third-order valence-electron chi connectivity index (χ3n) is 5.13. The van der Waals surface area contributed by atoms with Crippen molar-refractivity contribution in [2.75, 3.05) is 33.2 Å². The lowest BCUT2D eigenvalue weighted by molar-refractivity contribution is -0.128. The van der Waals surface area contributed by atoms with E-state index < -0.39 is 0 Å². The predicted molar refractivity (Wildman–Crippen MR) is 93.2 cm³/mol. The fourth-order valence-corrected chi connectivity index (χ4v) is 3.73. The minimum Gasteiger partial charge on any atom is -0.355 e. The van der Waals surface area contributed by atoms with Gasteiger partial charge in [-0.3, -0.25) is 14.5 Å². The molecule has 1 aromatic rings. The molecule has 0 radical (unpaired) electrons. The van der Waals surface area contributed by atoms with Crippen LogP contribution in [0.5, 0.6) is 0 Å². The van der Waals surface area contributed by atoms with E-state index in [0.717, 1.165) is 32.6 Å². The van der Waals surface area contributed by atoms with Gasteiger partial charge in [-0.2, -0.15) is 0 Å². The Bertz CT molecular complexity index is 575. The van der Waals surface area contributed by atoms with Gasteiger partial charge in [0, 0.05) is 39.6 Å². The van der Waals surface area contributed by atoms with Crippen LogP contribution in [-0.2, 0) is 16.1 Å². The van der Waals surface area contributed by atoms with Crippen molar-refractivity contribution >= 4 is 11.8 Å². The van der Waals surface area contributed by atoms with Gasteiger partial charge in [-0.15, -0.1) is 0 Å². The third kappa shape index (κ3) is 4.35. The van der Waals surface area contributed by atoms with Crippen LogP contribution < -0.4 is 5.32 Å². The van der Waals surface area contributed by atoms with Crippen LogP contribution in [0.25, 0.3) is 0 Å². The molecular weight excluding hydrogens is 302 g/mol. The SMILES string of the molecule is CN1C[C@H](C(=O)NC[C@H]2CCCN(Cc3ccccc3)C2)CC1=O. The van der Waals surface area contributed by atoms with Gasteiger partial charge in [-0.05, 0) is 30.9 Å². The molecule has 0 bridgehead atoms. The van der Waals surface area contributed by atoms with Gasteiger partial charge in [0.05, 0.1) is 5.92 Å². The number of benzene rings is 1. The number of nitrogens with zero attached hydrogens (tertiary/aromatic N) is 2. The van der Waals surface area contributed by atoms with E-state index >= 15 is 0 Å². The molecule has 1 N–H and O–H groups in total. The van der Waals surface area contributed by atoms with E-state index in [1.807, 2.05) is 6.07 Å². The maximum absolute atomic E-state index is 12.2. The van der Waals surface area contributed by atoms with Crippen molar-refractivity contribution in [1.29, 1.82) is 0 Å². The van der Waals surface area contributed by atoms with Gasteiger partial charge in [0.1, 0.15) is 0 Å². The second-order valence-electron chi connectivity index (χ2n) is 7.15. The van der Waals surface area contributed by atoms with Gasteiger partial charge in [0.25, 0.3) is 0 Å². The predicted octanol–water partition coefficient (Wildman–Crippen LogP) is 1.49. The monoisotopic (exact) mass is 329 g/mol. The lowest BCUT2D eigenvalue weighted by Crippen LogP contribution is -2.42. The van der Waals surface area contributed by atoms with Crippen LogP contribution in [0.15, 0.2) is 30.3 Å². The highest BCUT2D eigenvalue weighted by molar-refractivity contribution is 5.89. The number of carbonyl (C=O) groups is 2. The summed E-state index contributed by atoms with van der Waals surface area (Å²) >= 11 is 0. The number of piperidine rings is 1. The molecule has 1 aromatic carbocycles. The highest BCUT2D eigenvalue weighted by atomic mass is 16.2. The van der Waals surface area contributed by atoms with E-state index in [4.69, 9.17) is 0 Å². The van der Waals surface area contributed by atoms with Gasteiger partial charge in [-0.1, -0.05) is 30.3 Å². The lowest BCUT2D eigenvalue weighted by atomic mass is 9.97. The minimum atomic E-state index is -0.175. The van der Waals surface area contributed by atoms with Crippen molar-refractivity contribution in [3.05, 3.63) is 35.9 Å². The zero-order valence-electron chi connectivity index (χ0n) is 14.4. The number of hydrogen-bond donors (Lipinski definition) is 1. The normalized spacial score (nSPS) is 25.0. The summed E-state index contributed by atoms with van der Waals surface area (Å²) in [6, 6.07) is 10.5. The maximum atomic E-state index is 12.2. The highest BCUT2D eigenvalue weighted by Crippen LogP contribution is 2.19. The van der Waals surface area contributed by atoms with Crippen LogP contribution >= 0.6 is 0 Å². The van der Waals surface area contributed by atoms with Crippen molar-refractivity contribution < 1.29 is 9.59 Å². The molecule has 2 saturated heterocycles. The molecule has 2 fully saturated rings. The molecule has 2 amide bonds. The first-order valence-electron chi connectivity index (χ1n) is 8.90. The number of rotatable bonds is 5. The highest BCUT2D eigenvalue weighted by Gasteiger charge is 2.32. The van der Waals surface area contributed by atoms with Crippen LogP contribution in [0.2, 0.25) is 0 Å². The zero-order chi connectivity index (χ0) is 16.9. The Morgan fingerprint density at radius 3 is 2.75 bits per heavy atom. The minimum absolute atomic E-state index is 0.0351. The van der Waals surface area contributed by atoms with E-state index in [1.54, 1.807) is 11.9 Å². The molecule has 2 atom stereocenters. The molecule has 5 nitrogen and oxygen atoms in total. The van der Waals surface area contributed by atoms with Crippen LogP contribution in [0.1, 0.15) is 24.8 Å². The van der Waals surface area contributed by atoms with Gasteiger partial charge >= 0.3 is 0 Å². The Hall–Kier alpha value is -1.88. The number of carbonyl (C=O) groups excluding carboxylic acids is 2. The molecule has 0 spiro atoms. The van der Waals surface area contributed by atoms with Gasteiger partial charge in [-0.25, -0.2) is 0 Å². The van der Waals surface area contributed by atoms with Gasteiger partial charge in [0.2, 0.25) is 11.8 Å². The molecule has 130 valence electrons. The Morgan fingerprint density at radius 2 is 2.04 bits per heavy atom. The number of nitrogens with one attached hydrogen (secondary N) is 1. The van der Waals surface area contributed by atoms with Crippen LogP contribution in [0.4, 0.5) is 0 Å². The average molecular weight is 329 g/mol. The van der Waals surface area contributed by atoms with Crippen molar-refractivity contribution in [3.63, 3.8) is 0 Å². The van der Waals surface area contributed by atoms with Gasteiger partial charge < -0.3 is 10.2 Å². The Kier molecular flexibility index (Phi) is 5.51.